The number of carbonyl (C=O) groups is 2. The smallest absolute Gasteiger partial charge is 0.264 e. The molecule has 0 aliphatic heterocycles. The molecule has 202 valence electrons. The number of benzene rings is 3. The van der Waals surface area contributed by atoms with Gasteiger partial charge in [0.1, 0.15) is 12.6 Å². The molecule has 3 aromatic rings. The lowest BCUT2D eigenvalue weighted by Crippen LogP contribution is -2.51. The summed E-state index contributed by atoms with van der Waals surface area (Å²) in [6.07, 6.45) is 0.743. The maximum atomic E-state index is 13.9. The maximum absolute atomic E-state index is 13.9. The Kier molecular flexibility index (Phi) is 9.94. The maximum Gasteiger partial charge on any atom is 0.264 e. The van der Waals surface area contributed by atoms with Crippen molar-refractivity contribution in [3.8, 4) is 0 Å². The summed E-state index contributed by atoms with van der Waals surface area (Å²) < 4.78 is 28.9. The van der Waals surface area contributed by atoms with E-state index in [1.807, 2.05) is 26.8 Å². The molecular weight excluding hydrogens is 522 g/mol. The Morgan fingerprint density at radius 3 is 2.26 bits per heavy atom. The quantitative estimate of drug-likeness (QED) is 0.357. The molecule has 0 radical (unpaired) electrons. The lowest BCUT2D eigenvalue weighted by Gasteiger charge is -2.32. The lowest BCUT2D eigenvalue weighted by molar-refractivity contribution is -0.139. The Balaban J connectivity index is 2.06. The van der Waals surface area contributed by atoms with Gasteiger partial charge in [0.05, 0.1) is 10.6 Å². The number of nitrogens with zero attached hydrogens (tertiary/aromatic N) is 2. The fraction of sp³-hybridized carbons (Fsp3) is 0.310. The Bertz CT molecular complexity index is 1380. The molecule has 0 aromatic heterocycles. The zero-order valence-electron chi connectivity index (χ0n) is 22.1. The number of sulfonamides is 1. The molecule has 0 bridgehead atoms. The molecule has 1 atom stereocenters. The summed E-state index contributed by atoms with van der Waals surface area (Å²) in [5.41, 5.74) is 2.69. The van der Waals surface area contributed by atoms with E-state index in [4.69, 9.17) is 11.6 Å². The second-order valence-electron chi connectivity index (χ2n) is 9.12. The zero-order chi connectivity index (χ0) is 27.9. The van der Waals surface area contributed by atoms with Crippen molar-refractivity contribution in [2.75, 3.05) is 17.4 Å². The monoisotopic (exact) mass is 555 g/mol. The molecule has 0 aliphatic rings. The predicted octanol–water partition coefficient (Wildman–Crippen LogP) is 5.10. The third-order valence-electron chi connectivity index (χ3n) is 6.47. The second-order valence-corrected chi connectivity index (χ2v) is 11.4. The van der Waals surface area contributed by atoms with Gasteiger partial charge in [-0.1, -0.05) is 67.1 Å². The molecule has 0 unspecified atom stereocenters. The van der Waals surface area contributed by atoms with Gasteiger partial charge in [0.2, 0.25) is 11.8 Å². The molecule has 0 heterocycles. The number of hydrogen-bond donors (Lipinski definition) is 1. The van der Waals surface area contributed by atoms with Gasteiger partial charge in [0.15, 0.2) is 0 Å². The molecular formula is C29H34ClN3O4S. The second kappa shape index (κ2) is 12.9. The highest BCUT2D eigenvalue weighted by atomic mass is 35.5. The van der Waals surface area contributed by atoms with Crippen molar-refractivity contribution in [1.82, 2.24) is 10.2 Å². The molecule has 0 saturated carbocycles. The van der Waals surface area contributed by atoms with E-state index in [1.54, 1.807) is 61.5 Å². The van der Waals surface area contributed by atoms with Crippen LogP contribution >= 0.6 is 11.6 Å². The summed E-state index contributed by atoms with van der Waals surface area (Å²) in [6, 6.07) is 19.6. The highest BCUT2D eigenvalue weighted by Gasteiger charge is 2.33. The molecule has 7 nitrogen and oxygen atoms in total. The molecule has 0 saturated heterocycles. The molecule has 0 aliphatic carbocycles. The van der Waals surface area contributed by atoms with Gasteiger partial charge in [0.25, 0.3) is 10.0 Å². The van der Waals surface area contributed by atoms with E-state index in [0.717, 1.165) is 21.9 Å². The van der Waals surface area contributed by atoms with E-state index in [1.165, 1.54) is 17.0 Å². The van der Waals surface area contributed by atoms with E-state index in [0.29, 0.717) is 22.8 Å². The number of hydrogen-bond acceptors (Lipinski definition) is 4. The van der Waals surface area contributed by atoms with Crippen molar-refractivity contribution in [1.29, 1.82) is 0 Å². The third kappa shape index (κ3) is 6.74. The van der Waals surface area contributed by atoms with Gasteiger partial charge in [-0.3, -0.25) is 13.9 Å². The van der Waals surface area contributed by atoms with Crippen LogP contribution in [0.4, 0.5) is 5.69 Å². The largest absolute Gasteiger partial charge is 0.354 e. The van der Waals surface area contributed by atoms with Crippen molar-refractivity contribution < 1.29 is 18.0 Å². The van der Waals surface area contributed by atoms with Gasteiger partial charge in [-0.05, 0) is 68.1 Å². The van der Waals surface area contributed by atoms with E-state index in [2.05, 4.69) is 5.32 Å². The first-order valence-corrected chi connectivity index (χ1v) is 14.3. The Labute approximate surface area is 230 Å². The zero-order valence-corrected chi connectivity index (χ0v) is 23.7. The summed E-state index contributed by atoms with van der Waals surface area (Å²) in [4.78, 5) is 28.3. The van der Waals surface area contributed by atoms with E-state index in [9.17, 15) is 18.0 Å². The minimum atomic E-state index is -4.10. The summed E-state index contributed by atoms with van der Waals surface area (Å²) in [5, 5.41) is 3.28. The van der Waals surface area contributed by atoms with Gasteiger partial charge >= 0.3 is 0 Å². The van der Waals surface area contributed by atoms with Crippen LogP contribution in [0.15, 0.2) is 77.7 Å². The van der Waals surface area contributed by atoms with Crippen LogP contribution in [0.3, 0.4) is 0 Å². The number of nitrogens with one attached hydrogen (secondary N) is 1. The number of carbonyl (C=O) groups excluding carboxylic acids is 2. The first-order chi connectivity index (χ1) is 18.1. The number of anilines is 1. The minimum absolute atomic E-state index is 0.0469. The third-order valence-corrected chi connectivity index (χ3v) is 8.61. The van der Waals surface area contributed by atoms with Crippen LogP contribution in [0.5, 0.6) is 0 Å². The minimum Gasteiger partial charge on any atom is -0.354 e. The first-order valence-electron chi connectivity index (χ1n) is 12.5. The van der Waals surface area contributed by atoms with Crippen LogP contribution in [-0.4, -0.2) is 44.3 Å². The Morgan fingerprint density at radius 1 is 0.947 bits per heavy atom. The molecule has 1 N–H and O–H groups in total. The van der Waals surface area contributed by atoms with Gasteiger partial charge < -0.3 is 10.2 Å². The molecule has 9 heteroatoms. The number of halogens is 1. The Hall–Kier alpha value is -3.36. The van der Waals surface area contributed by atoms with Gasteiger partial charge in [-0.15, -0.1) is 0 Å². The summed E-state index contributed by atoms with van der Waals surface area (Å²) >= 11 is 6.39. The van der Waals surface area contributed by atoms with Gasteiger partial charge in [0, 0.05) is 18.1 Å². The van der Waals surface area contributed by atoms with Crippen LogP contribution in [0, 0.1) is 13.8 Å². The van der Waals surface area contributed by atoms with Gasteiger partial charge in [-0.25, -0.2) is 8.42 Å². The summed E-state index contributed by atoms with van der Waals surface area (Å²) in [6.45, 7) is 7.31. The highest BCUT2D eigenvalue weighted by molar-refractivity contribution is 7.92. The van der Waals surface area contributed by atoms with Crippen molar-refractivity contribution in [3.63, 3.8) is 0 Å². The molecule has 3 rings (SSSR count). The van der Waals surface area contributed by atoms with Crippen LogP contribution in [-0.2, 0) is 26.2 Å². The highest BCUT2D eigenvalue weighted by Crippen LogP contribution is 2.29. The average Bonchev–Trinajstić information content (AvgIpc) is 2.91. The van der Waals surface area contributed by atoms with Crippen molar-refractivity contribution in [2.45, 2.75) is 51.6 Å². The fourth-order valence-electron chi connectivity index (χ4n) is 4.03. The van der Waals surface area contributed by atoms with Crippen LogP contribution in [0.25, 0.3) is 0 Å². The standard InChI is InChI=1S/C29H34ClN3O4S/c1-5-18-31-29(35)23(4)32(19-24-13-9-10-16-26(24)30)28(34)20-33(27-17-11-12-21(2)22(27)3)38(36,37)25-14-7-6-8-15-25/h6-17,23H,5,18-20H2,1-4H3,(H,31,35)/t23-/m1/s1. The SMILES string of the molecule is CCCNC(=O)[C@@H](C)N(Cc1ccccc1Cl)C(=O)CN(c1cccc(C)c1C)S(=O)(=O)c1ccccc1. The summed E-state index contributed by atoms with van der Waals surface area (Å²) in [7, 11) is -4.10. The van der Waals surface area contributed by atoms with E-state index >= 15 is 0 Å². The van der Waals surface area contributed by atoms with Gasteiger partial charge in [-0.2, -0.15) is 0 Å². The van der Waals surface area contributed by atoms with Crippen LogP contribution < -0.4 is 9.62 Å². The Morgan fingerprint density at radius 2 is 1.61 bits per heavy atom. The van der Waals surface area contributed by atoms with Crippen molar-refractivity contribution in [2.24, 2.45) is 0 Å². The normalized spacial score (nSPS) is 12.0. The predicted molar refractivity (Wildman–Crippen MR) is 152 cm³/mol. The number of amides is 2. The molecule has 0 fully saturated rings. The lowest BCUT2D eigenvalue weighted by atomic mass is 10.1. The topological polar surface area (TPSA) is 86.8 Å². The number of rotatable bonds is 11. The molecule has 0 spiro atoms. The first kappa shape index (κ1) is 29.2. The molecule has 3 aromatic carbocycles. The fourth-order valence-corrected chi connectivity index (χ4v) is 5.72. The number of aryl methyl sites for hydroxylation is 1. The summed E-state index contributed by atoms with van der Waals surface area (Å²) in [5.74, 6) is -0.846. The van der Waals surface area contributed by atoms with E-state index < -0.39 is 28.5 Å². The van der Waals surface area contributed by atoms with Crippen LogP contribution in [0.2, 0.25) is 5.02 Å². The van der Waals surface area contributed by atoms with Crippen LogP contribution in [0.1, 0.15) is 37.0 Å². The molecule has 38 heavy (non-hydrogen) atoms. The van der Waals surface area contributed by atoms with E-state index in [-0.39, 0.29) is 17.3 Å². The molecule has 2 amide bonds. The van der Waals surface area contributed by atoms with Crippen molar-refractivity contribution in [3.05, 3.63) is 94.5 Å². The van der Waals surface area contributed by atoms with Crippen molar-refractivity contribution >= 4 is 39.1 Å². The average molecular weight is 556 g/mol.